The molecule has 7 aromatic rings. The highest BCUT2D eigenvalue weighted by Crippen LogP contribution is 2.38. The van der Waals surface area contributed by atoms with Crippen molar-refractivity contribution in [3.8, 4) is 34.4 Å². The number of benzene rings is 6. The van der Waals surface area contributed by atoms with Crippen molar-refractivity contribution in [3.05, 3.63) is 159 Å². The number of rotatable bonds is 2. The topological polar surface area (TPSA) is 203 Å². The number of nitrogen functional groups attached to an aromatic ring is 2. The van der Waals surface area contributed by atoms with E-state index in [1.807, 2.05) is 18.2 Å². The Bertz CT molecular complexity index is 2900. The summed E-state index contributed by atoms with van der Waals surface area (Å²) in [6.07, 6.45) is 0.780. The Kier molecular flexibility index (Phi) is 8.31. The SMILES string of the molecule is Nc1ccc2c(c1N)C(=O)c1ccccc1C2=O.O=C1c2ccccc2C(=O)c2c1ccc1[nH]c(-c3ccc4c(c3)OCO4)nc21.O=Cc1ccc2c(c1)OCO2. The first-order valence-corrected chi connectivity index (χ1v) is 17.5. The van der Waals surface area contributed by atoms with Gasteiger partial charge in [0.25, 0.3) is 0 Å². The first-order valence-electron chi connectivity index (χ1n) is 17.5. The molecule has 0 bridgehead atoms. The van der Waals surface area contributed by atoms with E-state index in [4.69, 9.17) is 30.4 Å². The molecule has 4 aliphatic rings. The maximum absolute atomic E-state index is 13.1. The summed E-state index contributed by atoms with van der Waals surface area (Å²) in [4.78, 5) is 68.8. The summed E-state index contributed by atoms with van der Waals surface area (Å²) in [6.45, 7) is 0.445. The van der Waals surface area contributed by atoms with Crippen molar-refractivity contribution in [2.75, 3.05) is 25.1 Å². The van der Waals surface area contributed by atoms with Gasteiger partial charge in [0, 0.05) is 44.5 Å². The molecule has 0 amide bonds. The van der Waals surface area contributed by atoms with Crippen LogP contribution in [0.2, 0.25) is 0 Å². The molecule has 57 heavy (non-hydrogen) atoms. The number of aldehydes is 1. The van der Waals surface area contributed by atoms with Gasteiger partial charge in [-0.3, -0.25) is 24.0 Å². The summed E-state index contributed by atoms with van der Waals surface area (Å²) in [5, 5.41) is 0. The number of hydrogen-bond donors (Lipinski definition) is 3. The molecule has 0 saturated heterocycles. The zero-order chi connectivity index (χ0) is 39.4. The summed E-state index contributed by atoms with van der Waals surface area (Å²) in [5.74, 6) is 2.52. The Hall–Kier alpha value is -8.06. The maximum atomic E-state index is 13.1. The van der Waals surface area contributed by atoms with Gasteiger partial charge in [-0.15, -0.1) is 0 Å². The summed E-state index contributed by atoms with van der Waals surface area (Å²) in [5.41, 5.74) is 17.5. The number of H-pyrrole nitrogens is 1. The van der Waals surface area contributed by atoms with Gasteiger partial charge >= 0.3 is 0 Å². The van der Waals surface area contributed by atoms with Crippen LogP contribution in [0, 0.1) is 0 Å². The van der Waals surface area contributed by atoms with Crippen molar-refractivity contribution in [2.45, 2.75) is 0 Å². The van der Waals surface area contributed by atoms with Crippen LogP contribution in [0.3, 0.4) is 0 Å². The van der Waals surface area contributed by atoms with Crippen LogP contribution < -0.4 is 30.4 Å². The fourth-order valence-corrected chi connectivity index (χ4v) is 7.05. The highest BCUT2D eigenvalue weighted by molar-refractivity contribution is 6.32. The lowest BCUT2D eigenvalue weighted by atomic mass is 9.83. The van der Waals surface area contributed by atoms with E-state index in [-0.39, 0.29) is 48.0 Å². The van der Waals surface area contributed by atoms with Gasteiger partial charge in [0.05, 0.1) is 28.0 Å². The van der Waals surface area contributed by atoms with Crippen LogP contribution in [-0.4, -0.2) is 53.0 Å². The number of ketones is 4. The van der Waals surface area contributed by atoms with E-state index in [2.05, 4.69) is 9.97 Å². The lowest BCUT2D eigenvalue weighted by Crippen LogP contribution is -2.22. The molecule has 11 rings (SSSR count). The second kappa shape index (κ2) is 13.7. The van der Waals surface area contributed by atoms with Crippen LogP contribution in [0.15, 0.2) is 109 Å². The molecular weight excluding hydrogens is 729 g/mol. The third kappa shape index (κ3) is 5.81. The number of nitrogens with zero attached hydrogens (tertiary/aromatic N) is 1. The number of hydrogen-bond acceptors (Lipinski definition) is 12. The fraction of sp³-hybridized carbons (Fsp3) is 0.0455. The minimum absolute atomic E-state index is 0.153. The molecule has 0 unspecified atom stereocenters. The van der Waals surface area contributed by atoms with Crippen LogP contribution >= 0.6 is 0 Å². The molecule has 2 aliphatic carbocycles. The molecule has 13 heteroatoms. The van der Waals surface area contributed by atoms with Crippen molar-refractivity contribution in [1.82, 2.24) is 9.97 Å². The molecule has 6 aromatic carbocycles. The van der Waals surface area contributed by atoms with Crippen LogP contribution in [0.1, 0.15) is 74.0 Å². The molecule has 5 N–H and O–H groups in total. The predicted octanol–water partition coefficient (Wildman–Crippen LogP) is 6.59. The largest absolute Gasteiger partial charge is 0.454 e. The summed E-state index contributed by atoms with van der Waals surface area (Å²) in [6, 6.07) is 30.8. The van der Waals surface area contributed by atoms with Gasteiger partial charge in [0.1, 0.15) is 17.6 Å². The van der Waals surface area contributed by atoms with Crippen molar-refractivity contribution < 1.29 is 42.9 Å². The van der Waals surface area contributed by atoms with E-state index in [1.165, 1.54) is 0 Å². The summed E-state index contributed by atoms with van der Waals surface area (Å²) >= 11 is 0. The van der Waals surface area contributed by atoms with Gasteiger partial charge in [-0.05, 0) is 60.7 Å². The summed E-state index contributed by atoms with van der Waals surface area (Å²) in [7, 11) is 0. The monoisotopic (exact) mass is 756 g/mol. The van der Waals surface area contributed by atoms with Crippen LogP contribution in [-0.2, 0) is 0 Å². The van der Waals surface area contributed by atoms with Crippen molar-refractivity contribution in [1.29, 1.82) is 0 Å². The van der Waals surface area contributed by atoms with Gasteiger partial charge in [-0.1, -0.05) is 48.5 Å². The Morgan fingerprint density at radius 1 is 0.544 bits per heavy atom. The van der Waals surface area contributed by atoms with Gasteiger partial charge in [0.2, 0.25) is 13.6 Å². The van der Waals surface area contributed by atoms with Gasteiger partial charge < -0.3 is 35.4 Å². The smallest absolute Gasteiger partial charge is 0.231 e. The number of carbonyl (C=O) groups is 5. The second-order valence-electron chi connectivity index (χ2n) is 13.2. The Balaban J connectivity index is 0.000000124. The highest BCUT2D eigenvalue weighted by atomic mass is 16.7. The van der Waals surface area contributed by atoms with Crippen molar-refractivity contribution in [2.24, 2.45) is 0 Å². The zero-order valence-corrected chi connectivity index (χ0v) is 29.7. The van der Waals surface area contributed by atoms with Crippen LogP contribution in [0.4, 0.5) is 11.4 Å². The van der Waals surface area contributed by atoms with E-state index >= 15 is 0 Å². The van der Waals surface area contributed by atoms with Gasteiger partial charge in [-0.2, -0.15) is 0 Å². The number of imidazole rings is 1. The first kappa shape index (κ1) is 34.7. The highest BCUT2D eigenvalue weighted by Gasteiger charge is 2.33. The maximum Gasteiger partial charge on any atom is 0.231 e. The van der Waals surface area contributed by atoms with Crippen LogP contribution in [0.25, 0.3) is 22.4 Å². The molecule has 3 heterocycles. The van der Waals surface area contributed by atoms with E-state index in [9.17, 15) is 24.0 Å². The minimum Gasteiger partial charge on any atom is -0.454 e. The number of aromatic nitrogens is 2. The Morgan fingerprint density at radius 3 is 1.70 bits per heavy atom. The molecule has 13 nitrogen and oxygen atoms in total. The number of nitrogens with one attached hydrogen (secondary N) is 1. The molecule has 0 spiro atoms. The number of carbonyl (C=O) groups excluding carboxylic acids is 5. The number of ether oxygens (including phenoxy) is 4. The number of nitrogens with two attached hydrogens (primary N) is 2. The lowest BCUT2D eigenvalue weighted by Gasteiger charge is -2.19. The van der Waals surface area contributed by atoms with E-state index in [0.29, 0.717) is 90.1 Å². The van der Waals surface area contributed by atoms with Crippen LogP contribution in [0.5, 0.6) is 23.0 Å². The minimum atomic E-state index is -0.245. The molecule has 0 fully saturated rings. The van der Waals surface area contributed by atoms with Crippen molar-refractivity contribution >= 4 is 51.8 Å². The molecule has 1 aromatic heterocycles. The number of fused-ring (bicyclic) bond motifs is 8. The quantitative estimate of drug-likeness (QED) is 0.126. The third-order valence-electron chi connectivity index (χ3n) is 9.89. The summed E-state index contributed by atoms with van der Waals surface area (Å²) < 4.78 is 20.9. The molecular formula is C44H28N4O9. The number of aromatic amines is 1. The molecule has 0 atom stereocenters. The molecule has 278 valence electrons. The average Bonchev–Trinajstić information content (AvgIpc) is 4.03. The number of anilines is 2. The Labute approximate surface area is 322 Å². The predicted molar refractivity (Wildman–Crippen MR) is 207 cm³/mol. The molecule has 0 saturated carbocycles. The van der Waals surface area contributed by atoms with E-state index in [1.54, 1.807) is 91.0 Å². The van der Waals surface area contributed by atoms with Gasteiger partial charge in [-0.25, -0.2) is 4.98 Å². The molecule has 2 aliphatic heterocycles. The van der Waals surface area contributed by atoms with Crippen molar-refractivity contribution in [3.63, 3.8) is 0 Å². The first-order chi connectivity index (χ1) is 27.7. The van der Waals surface area contributed by atoms with E-state index in [0.717, 1.165) is 11.8 Å². The standard InChI is InChI=1S/C22H12N2O4.C14H10N2O2.C8H6O3/c25-20-12-3-1-2-4-13(12)21(26)18-14(20)6-7-15-19(18)24-22(23-15)11-5-8-16-17(9-11)28-10-27-16;15-10-6-5-9-11(12(10)16)14(18)8-4-2-1-3-7(8)13(9)17;9-4-6-1-2-7-8(3-6)11-5-10-7/h1-9H,10H2,(H,23,24);1-6H,15-16H2;1-4H,5H2. The Morgan fingerprint density at radius 2 is 1.07 bits per heavy atom. The van der Waals surface area contributed by atoms with Gasteiger partial charge in [0.15, 0.2) is 46.1 Å². The fourth-order valence-electron chi connectivity index (χ4n) is 7.05. The molecule has 0 radical (unpaired) electrons. The zero-order valence-electron chi connectivity index (χ0n) is 29.7. The third-order valence-corrected chi connectivity index (χ3v) is 9.89. The second-order valence-corrected chi connectivity index (χ2v) is 13.2. The average molecular weight is 757 g/mol. The lowest BCUT2D eigenvalue weighted by molar-refractivity contribution is 0.0980. The normalized spacial score (nSPS) is 13.7. The van der Waals surface area contributed by atoms with E-state index < -0.39 is 0 Å².